The number of nitrogens with one attached hydrogen (secondary N) is 1. The summed E-state index contributed by atoms with van der Waals surface area (Å²) in [6, 6.07) is 13.8. The zero-order valence-corrected chi connectivity index (χ0v) is 12.9. The molecule has 1 unspecified atom stereocenters. The van der Waals surface area contributed by atoms with Crippen molar-refractivity contribution < 1.29 is 5.11 Å². The highest BCUT2D eigenvalue weighted by molar-refractivity contribution is 9.11. The van der Waals surface area contributed by atoms with E-state index in [0.717, 1.165) is 15.9 Å². The Bertz CT molecular complexity index is 463. The van der Waals surface area contributed by atoms with E-state index < -0.39 is 6.10 Å². The lowest BCUT2D eigenvalue weighted by atomic mass is 10.1. The van der Waals surface area contributed by atoms with Gasteiger partial charge in [-0.25, -0.2) is 0 Å². The first-order valence-electron chi connectivity index (χ1n) is 5.43. The van der Waals surface area contributed by atoms with Crippen LogP contribution in [-0.2, 0) is 6.54 Å². The van der Waals surface area contributed by atoms with Crippen LogP contribution >= 0.6 is 39.7 Å². The van der Waals surface area contributed by atoms with E-state index in [4.69, 9.17) is 0 Å². The SMILES string of the molecule is Cl.OC(CNCc1ccc(Br)s1)c1ccccc1. The molecule has 2 aromatic rings. The third-order valence-electron chi connectivity index (χ3n) is 2.45. The molecule has 2 rings (SSSR count). The van der Waals surface area contributed by atoms with Crippen molar-refractivity contribution in [1.82, 2.24) is 5.32 Å². The summed E-state index contributed by atoms with van der Waals surface area (Å²) in [5, 5.41) is 13.2. The predicted octanol–water partition coefficient (Wildman–Crippen LogP) is 3.76. The number of benzene rings is 1. The summed E-state index contributed by atoms with van der Waals surface area (Å²) in [5.74, 6) is 0. The molecular weight excluding hydrogens is 334 g/mol. The van der Waals surface area contributed by atoms with Gasteiger partial charge >= 0.3 is 0 Å². The van der Waals surface area contributed by atoms with Gasteiger partial charge in [0.05, 0.1) is 9.89 Å². The Kier molecular flexibility index (Phi) is 6.89. The Balaban J connectivity index is 0.00000162. The van der Waals surface area contributed by atoms with Gasteiger partial charge in [-0.3, -0.25) is 0 Å². The summed E-state index contributed by atoms with van der Waals surface area (Å²) in [6.45, 7) is 1.36. The van der Waals surface area contributed by atoms with Crippen LogP contribution in [0.25, 0.3) is 0 Å². The summed E-state index contributed by atoms with van der Waals surface area (Å²) in [7, 11) is 0. The van der Waals surface area contributed by atoms with Crippen molar-refractivity contribution in [3.8, 4) is 0 Å². The molecule has 98 valence electrons. The molecule has 0 aliphatic heterocycles. The third-order valence-corrected chi connectivity index (χ3v) is 4.07. The molecule has 0 saturated heterocycles. The second-order valence-corrected chi connectivity index (χ2v) is 6.31. The second kappa shape index (κ2) is 7.92. The lowest BCUT2D eigenvalue weighted by Crippen LogP contribution is -2.20. The molecule has 18 heavy (non-hydrogen) atoms. The zero-order valence-electron chi connectivity index (χ0n) is 9.67. The maximum absolute atomic E-state index is 9.94. The summed E-state index contributed by atoms with van der Waals surface area (Å²) in [6.07, 6.45) is -0.445. The topological polar surface area (TPSA) is 32.3 Å². The van der Waals surface area contributed by atoms with E-state index in [-0.39, 0.29) is 12.4 Å². The van der Waals surface area contributed by atoms with Crippen LogP contribution in [-0.4, -0.2) is 11.7 Å². The Hall–Kier alpha value is -0.390. The normalized spacial score (nSPS) is 11.9. The van der Waals surface area contributed by atoms with Crippen LogP contribution in [0.5, 0.6) is 0 Å². The minimum atomic E-state index is -0.445. The first-order valence-corrected chi connectivity index (χ1v) is 7.04. The minimum absolute atomic E-state index is 0. The molecule has 0 saturated carbocycles. The van der Waals surface area contributed by atoms with E-state index in [1.165, 1.54) is 4.88 Å². The largest absolute Gasteiger partial charge is 0.387 e. The van der Waals surface area contributed by atoms with Crippen molar-refractivity contribution in [3.63, 3.8) is 0 Å². The molecule has 0 spiro atoms. The van der Waals surface area contributed by atoms with E-state index >= 15 is 0 Å². The molecule has 0 amide bonds. The van der Waals surface area contributed by atoms with Crippen LogP contribution in [0.15, 0.2) is 46.3 Å². The number of aliphatic hydroxyl groups is 1. The van der Waals surface area contributed by atoms with Crippen LogP contribution in [0, 0.1) is 0 Å². The van der Waals surface area contributed by atoms with Crippen LogP contribution in [0.3, 0.4) is 0 Å². The Morgan fingerprint density at radius 1 is 1.17 bits per heavy atom. The van der Waals surface area contributed by atoms with E-state index in [9.17, 15) is 5.11 Å². The maximum atomic E-state index is 9.94. The smallest absolute Gasteiger partial charge is 0.0914 e. The molecule has 1 atom stereocenters. The highest BCUT2D eigenvalue weighted by Crippen LogP contribution is 2.21. The van der Waals surface area contributed by atoms with Gasteiger partial charge in [0, 0.05) is 18.0 Å². The summed E-state index contributed by atoms with van der Waals surface area (Å²) in [4.78, 5) is 1.26. The van der Waals surface area contributed by atoms with Crippen molar-refractivity contribution >= 4 is 39.7 Å². The van der Waals surface area contributed by atoms with Crippen molar-refractivity contribution in [3.05, 3.63) is 56.7 Å². The van der Waals surface area contributed by atoms with Crippen LogP contribution in [0.2, 0.25) is 0 Å². The minimum Gasteiger partial charge on any atom is -0.387 e. The molecule has 2 N–H and O–H groups in total. The number of hydrogen-bond acceptors (Lipinski definition) is 3. The van der Waals surface area contributed by atoms with E-state index in [0.29, 0.717) is 6.54 Å². The van der Waals surface area contributed by atoms with Gasteiger partial charge in [-0.15, -0.1) is 23.7 Å². The van der Waals surface area contributed by atoms with Crippen molar-refractivity contribution in [2.24, 2.45) is 0 Å². The Morgan fingerprint density at radius 3 is 2.50 bits per heavy atom. The van der Waals surface area contributed by atoms with Gasteiger partial charge in [0.15, 0.2) is 0 Å². The molecule has 0 aliphatic carbocycles. The Labute approximate surface area is 126 Å². The maximum Gasteiger partial charge on any atom is 0.0914 e. The van der Waals surface area contributed by atoms with Crippen molar-refractivity contribution in [1.29, 1.82) is 0 Å². The Morgan fingerprint density at radius 2 is 1.89 bits per heavy atom. The van der Waals surface area contributed by atoms with Crippen molar-refractivity contribution in [2.75, 3.05) is 6.54 Å². The fourth-order valence-electron chi connectivity index (χ4n) is 1.57. The standard InChI is InChI=1S/C13H14BrNOS.ClH/c14-13-7-6-11(17-13)8-15-9-12(16)10-4-2-1-3-5-10;/h1-7,12,15-16H,8-9H2;1H. The molecule has 2 nitrogen and oxygen atoms in total. The number of aliphatic hydroxyl groups excluding tert-OH is 1. The molecule has 0 bridgehead atoms. The lowest BCUT2D eigenvalue weighted by molar-refractivity contribution is 0.174. The van der Waals surface area contributed by atoms with Gasteiger partial charge < -0.3 is 10.4 Å². The van der Waals surface area contributed by atoms with E-state index in [2.05, 4.69) is 27.3 Å². The van der Waals surface area contributed by atoms with Gasteiger partial charge in [-0.05, 0) is 33.6 Å². The van der Waals surface area contributed by atoms with Gasteiger partial charge in [0.1, 0.15) is 0 Å². The highest BCUT2D eigenvalue weighted by atomic mass is 79.9. The highest BCUT2D eigenvalue weighted by Gasteiger charge is 2.06. The number of thiophene rings is 1. The fraction of sp³-hybridized carbons (Fsp3) is 0.231. The molecule has 0 fully saturated rings. The van der Waals surface area contributed by atoms with Gasteiger partial charge in [0.2, 0.25) is 0 Å². The first-order chi connectivity index (χ1) is 8.25. The number of rotatable bonds is 5. The monoisotopic (exact) mass is 347 g/mol. The first kappa shape index (κ1) is 15.7. The van der Waals surface area contributed by atoms with Crippen molar-refractivity contribution in [2.45, 2.75) is 12.6 Å². The summed E-state index contributed by atoms with van der Waals surface area (Å²) < 4.78 is 1.14. The van der Waals surface area contributed by atoms with Crippen LogP contribution in [0.1, 0.15) is 16.5 Å². The zero-order chi connectivity index (χ0) is 12.1. The third kappa shape index (κ3) is 4.71. The van der Waals surface area contributed by atoms with E-state index in [1.807, 2.05) is 36.4 Å². The summed E-state index contributed by atoms with van der Waals surface area (Å²) in [5.41, 5.74) is 0.951. The van der Waals surface area contributed by atoms with E-state index in [1.54, 1.807) is 11.3 Å². The number of hydrogen-bond donors (Lipinski definition) is 2. The fourth-order valence-corrected chi connectivity index (χ4v) is 3.02. The lowest BCUT2D eigenvalue weighted by Gasteiger charge is -2.11. The van der Waals surface area contributed by atoms with Crippen LogP contribution < -0.4 is 5.32 Å². The molecule has 5 heteroatoms. The molecule has 1 aromatic heterocycles. The molecule has 1 aromatic carbocycles. The molecule has 0 aliphatic rings. The predicted molar refractivity (Wildman–Crippen MR) is 82.4 cm³/mol. The van der Waals surface area contributed by atoms with Gasteiger partial charge in [-0.2, -0.15) is 0 Å². The molecular formula is C13H15BrClNOS. The summed E-state index contributed by atoms with van der Waals surface area (Å²) >= 11 is 5.14. The second-order valence-electron chi connectivity index (χ2n) is 3.76. The van der Waals surface area contributed by atoms with Gasteiger partial charge in [0.25, 0.3) is 0 Å². The quantitative estimate of drug-likeness (QED) is 0.862. The van der Waals surface area contributed by atoms with Crippen LogP contribution in [0.4, 0.5) is 0 Å². The average Bonchev–Trinajstić information content (AvgIpc) is 2.76. The molecule has 0 radical (unpaired) electrons. The average molecular weight is 349 g/mol. The molecule has 1 heterocycles. The number of halogens is 2. The van der Waals surface area contributed by atoms with Gasteiger partial charge in [-0.1, -0.05) is 30.3 Å².